The Morgan fingerprint density at radius 3 is 2.82 bits per heavy atom. The molecule has 0 fully saturated rings. The van der Waals surface area contributed by atoms with Crippen LogP contribution in [0.4, 0.5) is 0 Å². The van der Waals surface area contributed by atoms with E-state index in [1.54, 1.807) is 10.3 Å². The molecule has 0 aliphatic rings. The molecule has 0 atom stereocenters. The summed E-state index contributed by atoms with van der Waals surface area (Å²) in [7, 11) is 0. The van der Waals surface area contributed by atoms with E-state index in [0.717, 1.165) is 5.01 Å². The quantitative estimate of drug-likeness (QED) is 0.807. The van der Waals surface area contributed by atoms with Crippen molar-refractivity contribution in [1.29, 1.82) is 5.26 Å². The molecule has 0 saturated heterocycles. The predicted molar refractivity (Wildman–Crippen MR) is 67.8 cm³/mol. The van der Waals surface area contributed by atoms with Crippen molar-refractivity contribution in [1.82, 2.24) is 9.88 Å². The van der Waals surface area contributed by atoms with E-state index in [9.17, 15) is 4.79 Å². The number of aromatic nitrogens is 1. The maximum atomic E-state index is 12.2. The van der Waals surface area contributed by atoms with Crippen molar-refractivity contribution < 1.29 is 4.79 Å². The molecule has 1 aromatic heterocycles. The highest BCUT2D eigenvalue weighted by molar-refractivity contribution is 7.09. The van der Waals surface area contributed by atoms with Gasteiger partial charge in [0, 0.05) is 18.5 Å². The van der Waals surface area contributed by atoms with Gasteiger partial charge in [-0.05, 0) is 12.8 Å². The lowest BCUT2D eigenvalue weighted by Crippen LogP contribution is -2.35. The van der Waals surface area contributed by atoms with E-state index < -0.39 is 0 Å². The number of hydrogen-bond donors (Lipinski definition) is 0. The molecule has 0 aliphatic carbocycles. The lowest BCUT2D eigenvalue weighted by atomic mass is 10.2. The fourth-order valence-corrected chi connectivity index (χ4v) is 2.11. The average Bonchev–Trinajstić information content (AvgIpc) is 2.69. The van der Waals surface area contributed by atoms with E-state index in [2.05, 4.69) is 24.9 Å². The lowest BCUT2D eigenvalue weighted by molar-refractivity contribution is 0.0734. The number of carbonyl (C=O) groups is 1. The van der Waals surface area contributed by atoms with Crippen LogP contribution in [-0.2, 0) is 0 Å². The highest BCUT2D eigenvalue weighted by Gasteiger charge is 2.18. The van der Waals surface area contributed by atoms with Crippen molar-refractivity contribution in [2.24, 2.45) is 5.92 Å². The van der Waals surface area contributed by atoms with Gasteiger partial charge in [0.2, 0.25) is 0 Å². The van der Waals surface area contributed by atoms with Crippen molar-refractivity contribution in [3.8, 4) is 6.07 Å². The average molecular weight is 251 g/mol. The van der Waals surface area contributed by atoms with Crippen molar-refractivity contribution in [3.63, 3.8) is 0 Å². The fourth-order valence-electron chi connectivity index (χ4n) is 1.53. The molecular formula is C12H17N3OS. The smallest absolute Gasteiger partial charge is 0.273 e. The van der Waals surface area contributed by atoms with Gasteiger partial charge in [-0.15, -0.1) is 11.3 Å². The van der Waals surface area contributed by atoms with Crippen LogP contribution in [0.1, 0.15) is 35.8 Å². The Morgan fingerprint density at radius 2 is 2.35 bits per heavy atom. The van der Waals surface area contributed by atoms with Gasteiger partial charge in [-0.2, -0.15) is 5.26 Å². The molecule has 0 aliphatic heterocycles. The third-order valence-corrected chi connectivity index (χ3v) is 2.98. The molecule has 1 rings (SSSR count). The number of aryl methyl sites for hydroxylation is 1. The maximum Gasteiger partial charge on any atom is 0.273 e. The van der Waals surface area contributed by atoms with Crippen molar-refractivity contribution in [2.45, 2.75) is 27.2 Å². The largest absolute Gasteiger partial charge is 0.336 e. The van der Waals surface area contributed by atoms with E-state index in [0.29, 0.717) is 31.1 Å². The van der Waals surface area contributed by atoms with Crippen molar-refractivity contribution >= 4 is 17.2 Å². The van der Waals surface area contributed by atoms with E-state index in [4.69, 9.17) is 5.26 Å². The van der Waals surface area contributed by atoms with Crippen molar-refractivity contribution in [2.75, 3.05) is 13.1 Å². The van der Waals surface area contributed by atoms with E-state index in [1.165, 1.54) is 11.3 Å². The van der Waals surface area contributed by atoms with Gasteiger partial charge in [0.15, 0.2) is 0 Å². The number of rotatable bonds is 5. The molecule has 0 bridgehead atoms. The normalized spacial score (nSPS) is 10.3. The first-order chi connectivity index (χ1) is 8.04. The maximum absolute atomic E-state index is 12.2. The van der Waals surface area contributed by atoms with Crippen LogP contribution in [0.25, 0.3) is 0 Å². The van der Waals surface area contributed by atoms with Crippen LogP contribution in [0.15, 0.2) is 5.38 Å². The molecule has 4 nitrogen and oxygen atoms in total. The van der Waals surface area contributed by atoms with E-state index in [1.807, 2.05) is 6.92 Å². The summed E-state index contributed by atoms with van der Waals surface area (Å²) >= 11 is 1.47. The van der Waals surface area contributed by atoms with Crippen LogP contribution in [0.2, 0.25) is 0 Å². The third-order valence-electron chi connectivity index (χ3n) is 2.20. The minimum Gasteiger partial charge on any atom is -0.336 e. The SMILES string of the molecule is Cc1nc(C(=O)N(CCC#N)CC(C)C)cs1. The van der Waals surface area contributed by atoms with Gasteiger partial charge >= 0.3 is 0 Å². The number of nitriles is 1. The zero-order valence-corrected chi connectivity index (χ0v) is 11.3. The summed E-state index contributed by atoms with van der Waals surface area (Å²) < 4.78 is 0. The Labute approximate surface area is 106 Å². The molecule has 1 heterocycles. The summed E-state index contributed by atoms with van der Waals surface area (Å²) in [6.45, 7) is 7.13. The first kappa shape index (κ1) is 13.7. The molecule has 1 aromatic rings. The third kappa shape index (κ3) is 4.16. The van der Waals surface area contributed by atoms with E-state index >= 15 is 0 Å². The molecule has 0 aromatic carbocycles. The minimum absolute atomic E-state index is 0.0710. The number of thiazole rings is 1. The highest BCUT2D eigenvalue weighted by Crippen LogP contribution is 2.12. The zero-order valence-electron chi connectivity index (χ0n) is 10.4. The van der Waals surface area contributed by atoms with Gasteiger partial charge in [0.05, 0.1) is 17.5 Å². The molecule has 0 radical (unpaired) electrons. The summed E-state index contributed by atoms with van der Waals surface area (Å²) in [5.74, 6) is 0.315. The highest BCUT2D eigenvalue weighted by atomic mass is 32.1. The van der Waals surface area contributed by atoms with Crippen LogP contribution in [0, 0.1) is 24.2 Å². The van der Waals surface area contributed by atoms with Crippen molar-refractivity contribution in [3.05, 3.63) is 16.1 Å². The fraction of sp³-hybridized carbons (Fsp3) is 0.583. The molecule has 17 heavy (non-hydrogen) atoms. The van der Waals surface area contributed by atoms with Gasteiger partial charge in [0.25, 0.3) is 5.91 Å². The van der Waals surface area contributed by atoms with Gasteiger partial charge in [-0.3, -0.25) is 4.79 Å². The number of nitrogens with zero attached hydrogens (tertiary/aromatic N) is 3. The molecule has 0 unspecified atom stereocenters. The Hall–Kier alpha value is -1.41. The van der Waals surface area contributed by atoms with Crippen LogP contribution in [0.3, 0.4) is 0 Å². The van der Waals surface area contributed by atoms with Gasteiger partial charge in [0.1, 0.15) is 5.69 Å². The zero-order chi connectivity index (χ0) is 12.8. The molecule has 0 spiro atoms. The Bertz CT molecular complexity index is 420. The lowest BCUT2D eigenvalue weighted by Gasteiger charge is -2.22. The Balaban J connectivity index is 2.75. The molecule has 1 amide bonds. The molecule has 92 valence electrons. The van der Waals surface area contributed by atoms with E-state index in [-0.39, 0.29) is 5.91 Å². The second-order valence-corrected chi connectivity index (χ2v) is 5.37. The summed E-state index contributed by atoms with van der Waals surface area (Å²) in [4.78, 5) is 18.1. The topological polar surface area (TPSA) is 57.0 Å². The molecule has 0 saturated carbocycles. The second kappa shape index (κ2) is 6.36. The number of hydrogen-bond acceptors (Lipinski definition) is 4. The predicted octanol–water partition coefficient (Wildman–Crippen LogP) is 2.46. The monoisotopic (exact) mass is 251 g/mol. The second-order valence-electron chi connectivity index (χ2n) is 4.30. The number of carbonyl (C=O) groups excluding carboxylic acids is 1. The van der Waals surface area contributed by atoms with Crippen LogP contribution < -0.4 is 0 Å². The Morgan fingerprint density at radius 1 is 1.65 bits per heavy atom. The van der Waals surface area contributed by atoms with Gasteiger partial charge in [-0.1, -0.05) is 13.8 Å². The minimum atomic E-state index is -0.0710. The van der Waals surface area contributed by atoms with Gasteiger partial charge in [-0.25, -0.2) is 4.98 Å². The summed E-state index contributed by atoms with van der Waals surface area (Å²) in [5.41, 5.74) is 0.492. The summed E-state index contributed by atoms with van der Waals surface area (Å²) in [6.07, 6.45) is 0.363. The van der Waals surface area contributed by atoms with Crippen LogP contribution in [-0.4, -0.2) is 28.9 Å². The first-order valence-electron chi connectivity index (χ1n) is 5.63. The molecule has 0 N–H and O–H groups in total. The standard InChI is InChI=1S/C12H17N3OS/c1-9(2)7-15(6-4-5-13)12(16)11-8-17-10(3)14-11/h8-9H,4,6-7H2,1-3H3. The van der Waals surface area contributed by atoms with Crippen LogP contribution >= 0.6 is 11.3 Å². The number of amides is 1. The summed E-state index contributed by atoms with van der Waals surface area (Å²) in [6, 6.07) is 2.07. The van der Waals surface area contributed by atoms with Gasteiger partial charge < -0.3 is 4.90 Å². The van der Waals surface area contributed by atoms with Crippen LogP contribution in [0.5, 0.6) is 0 Å². The molecular weight excluding hydrogens is 234 g/mol. The molecule has 5 heteroatoms. The Kier molecular flexibility index (Phi) is 5.11. The first-order valence-corrected chi connectivity index (χ1v) is 6.51. The summed E-state index contributed by atoms with van der Waals surface area (Å²) in [5, 5.41) is 11.3.